The van der Waals surface area contributed by atoms with Crippen LogP contribution >= 0.6 is 0 Å². The Morgan fingerprint density at radius 2 is 1.78 bits per heavy atom. The van der Waals surface area contributed by atoms with E-state index in [1.165, 1.54) is 44.9 Å². The topological polar surface area (TPSA) is 29.3 Å². The van der Waals surface area contributed by atoms with Gasteiger partial charge >= 0.3 is 0 Å². The summed E-state index contributed by atoms with van der Waals surface area (Å²) in [5.41, 5.74) is 7.15. The van der Waals surface area contributed by atoms with Crippen LogP contribution in [0, 0.1) is 17.3 Å². The Bertz CT molecular complexity index is 315. The molecule has 0 spiro atoms. The molecule has 3 atom stereocenters. The highest BCUT2D eigenvalue weighted by atomic mass is 15.2. The van der Waals surface area contributed by atoms with Gasteiger partial charge in [-0.1, -0.05) is 13.8 Å². The van der Waals surface area contributed by atoms with Gasteiger partial charge in [0, 0.05) is 18.1 Å². The van der Waals surface area contributed by atoms with Crippen LogP contribution in [0.25, 0.3) is 0 Å². The molecular weight excluding hydrogens is 220 g/mol. The van der Waals surface area contributed by atoms with Gasteiger partial charge in [-0.3, -0.25) is 4.90 Å². The molecule has 3 rings (SSSR count). The molecule has 0 bridgehead atoms. The fraction of sp³-hybridized carbons (Fsp3) is 1.00. The van der Waals surface area contributed by atoms with Crippen molar-refractivity contribution >= 4 is 0 Å². The second-order valence-electron chi connectivity index (χ2n) is 7.95. The monoisotopic (exact) mass is 250 g/mol. The van der Waals surface area contributed by atoms with E-state index in [4.69, 9.17) is 5.73 Å². The van der Waals surface area contributed by atoms with Crippen LogP contribution in [0.15, 0.2) is 0 Å². The van der Waals surface area contributed by atoms with Crippen LogP contribution in [0.5, 0.6) is 0 Å². The minimum Gasteiger partial charge on any atom is -0.329 e. The van der Waals surface area contributed by atoms with Crippen molar-refractivity contribution in [2.24, 2.45) is 23.0 Å². The fourth-order valence-electron chi connectivity index (χ4n) is 4.82. The lowest BCUT2D eigenvalue weighted by Gasteiger charge is -2.48. The number of hydrogen-bond acceptors (Lipinski definition) is 2. The molecule has 0 radical (unpaired) electrons. The maximum absolute atomic E-state index is 6.21. The summed E-state index contributed by atoms with van der Waals surface area (Å²) in [6, 6.07) is 0.793. The van der Waals surface area contributed by atoms with Crippen molar-refractivity contribution in [1.82, 2.24) is 4.90 Å². The SMILES string of the molecule is CN(C1CCC(C)(C)CC1)C1(CN)CCC2CC21. The normalized spacial score (nSPS) is 43.2. The smallest absolute Gasteiger partial charge is 0.0362 e. The molecule has 0 saturated heterocycles. The Kier molecular flexibility index (Phi) is 3.02. The number of hydrogen-bond donors (Lipinski definition) is 1. The molecule has 2 heteroatoms. The fourth-order valence-corrected chi connectivity index (χ4v) is 4.82. The molecule has 104 valence electrons. The van der Waals surface area contributed by atoms with Gasteiger partial charge in [0.15, 0.2) is 0 Å². The van der Waals surface area contributed by atoms with Gasteiger partial charge in [0.05, 0.1) is 0 Å². The van der Waals surface area contributed by atoms with Crippen LogP contribution in [-0.2, 0) is 0 Å². The first-order valence-corrected chi connectivity index (χ1v) is 7.91. The molecule has 3 aliphatic carbocycles. The lowest BCUT2D eigenvalue weighted by molar-refractivity contribution is 0.0265. The van der Waals surface area contributed by atoms with Crippen molar-refractivity contribution in [2.75, 3.05) is 13.6 Å². The lowest BCUT2D eigenvalue weighted by Crippen LogP contribution is -2.57. The van der Waals surface area contributed by atoms with E-state index in [0.29, 0.717) is 11.0 Å². The molecular formula is C16H30N2. The van der Waals surface area contributed by atoms with Crippen molar-refractivity contribution < 1.29 is 0 Å². The zero-order valence-electron chi connectivity index (χ0n) is 12.4. The molecule has 0 amide bonds. The number of nitrogens with two attached hydrogens (primary N) is 1. The number of fused-ring (bicyclic) bond motifs is 1. The van der Waals surface area contributed by atoms with Gasteiger partial charge < -0.3 is 5.73 Å². The molecule has 0 aromatic rings. The van der Waals surface area contributed by atoms with Gasteiger partial charge in [-0.2, -0.15) is 0 Å². The van der Waals surface area contributed by atoms with E-state index in [2.05, 4.69) is 25.8 Å². The van der Waals surface area contributed by atoms with Crippen LogP contribution in [0.2, 0.25) is 0 Å². The second-order valence-corrected chi connectivity index (χ2v) is 7.95. The number of nitrogens with zero attached hydrogens (tertiary/aromatic N) is 1. The van der Waals surface area contributed by atoms with Crippen LogP contribution in [-0.4, -0.2) is 30.1 Å². The summed E-state index contributed by atoms with van der Waals surface area (Å²) in [7, 11) is 2.37. The predicted octanol–water partition coefficient (Wildman–Crippen LogP) is 3.01. The highest BCUT2D eigenvalue weighted by molar-refractivity contribution is 5.14. The van der Waals surface area contributed by atoms with Gasteiger partial charge in [-0.25, -0.2) is 0 Å². The van der Waals surface area contributed by atoms with E-state index < -0.39 is 0 Å². The molecule has 18 heavy (non-hydrogen) atoms. The van der Waals surface area contributed by atoms with Gasteiger partial charge in [0.1, 0.15) is 0 Å². The molecule has 3 unspecified atom stereocenters. The molecule has 0 aromatic heterocycles. The Balaban J connectivity index is 1.69. The molecule has 2 nitrogen and oxygen atoms in total. The molecule has 3 saturated carbocycles. The lowest BCUT2D eigenvalue weighted by atomic mass is 9.74. The third-order valence-corrected chi connectivity index (χ3v) is 6.47. The van der Waals surface area contributed by atoms with Gasteiger partial charge in [-0.15, -0.1) is 0 Å². The average Bonchev–Trinajstić information content (AvgIpc) is 3.04. The van der Waals surface area contributed by atoms with Crippen molar-refractivity contribution in [3.05, 3.63) is 0 Å². The van der Waals surface area contributed by atoms with Crippen LogP contribution < -0.4 is 5.73 Å². The minimum atomic E-state index is 0.372. The van der Waals surface area contributed by atoms with E-state index >= 15 is 0 Å². The Morgan fingerprint density at radius 1 is 1.11 bits per heavy atom. The van der Waals surface area contributed by atoms with Crippen molar-refractivity contribution in [3.8, 4) is 0 Å². The second kappa shape index (κ2) is 4.21. The van der Waals surface area contributed by atoms with Crippen molar-refractivity contribution in [1.29, 1.82) is 0 Å². The van der Waals surface area contributed by atoms with Crippen molar-refractivity contribution in [2.45, 2.75) is 70.4 Å². The first-order valence-electron chi connectivity index (χ1n) is 7.91. The third-order valence-electron chi connectivity index (χ3n) is 6.47. The Labute approximate surface area is 112 Å². The summed E-state index contributed by atoms with van der Waals surface area (Å²) < 4.78 is 0. The van der Waals surface area contributed by atoms with E-state index in [9.17, 15) is 0 Å². The van der Waals surface area contributed by atoms with Crippen molar-refractivity contribution in [3.63, 3.8) is 0 Å². The molecule has 0 aliphatic heterocycles. The van der Waals surface area contributed by atoms with Gasteiger partial charge in [0.25, 0.3) is 0 Å². The summed E-state index contributed by atoms with van der Waals surface area (Å²) in [6.07, 6.45) is 9.78. The predicted molar refractivity (Wildman–Crippen MR) is 76.4 cm³/mol. The quantitative estimate of drug-likeness (QED) is 0.834. The van der Waals surface area contributed by atoms with Gasteiger partial charge in [0.2, 0.25) is 0 Å². The molecule has 3 fully saturated rings. The van der Waals surface area contributed by atoms with E-state index in [1.54, 1.807) is 0 Å². The zero-order chi connectivity index (χ0) is 13.0. The molecule has 2 N–H and O–H groups in total. The molecule has 0 aromatic carbocycles. The molecule has 0 heterocycles. The van der Waals surface area contributed by atoms with Crippen LogP contribution in [0.3, 0.4) is 0 Å². The highest BCUT2D eigenvalue weighted by Gasteiger charge is 2.59. The molecule has 3 aliphatic rings. The summed E-state index contributed by atoms with van der Waals surface area (Å²) >= 11 is 0. The highest BCUT2D eigenvalue weighted by Crippen LogP contribution is 2.60. The van der Waals surface area contributed by atoms with Crippen LogP contribution in [0.4, 0.5) is 0 Å². The maximum Gasteiger partial charge on any atom is 0.0362 e. The van der Waals surface area contributed by atoms with Crippen LogP contribution in [0.1, 0.15) is 58.8 Å². The zero-order valence-corrected chi connectivity index (χ0v) is 12.4. The Morgan fingerprint density at radius 3 is 2.22 bits per heavy atom. The minimum absolute atomic E-state index is 0.372. The maximum atomic E-state index is 6.21. The number of likely N-dealkylation sites (N-methyl/N-ethyl adjacent to an activating group) is 1. The number of rotatable bonds is 3. The Hall–Kier alpha value is -0.0800. The largest absolute Gasteiger partial charge is 0.329 e. The third kappa shape index (κ3) is 1.92. The first kappa shape index (κ1) is 12.9. The van der Waals surface area contributed by atoms with E-state index in [0.717, 1.165) is 24.4 Å². The standard InChI is InChI=1S/C16H30N2/c1-15(2)7-5-13(6-8-15)18(3)16(11-17)9-4-12-10-14(12)16/h12-14H,4-11,17H2,1-3H3. The summed E-state index contributed by atoms with van der Waals surface area (Å²) in [5, 5.41) is 0. The summed E-state index contributed by atoms with van der Waals surface area (Å²) in [5.74, 6) is 1.96. The summed E-state index contributed by atoms with van der Waals surface area (Å²) in [4.78, 5) is 2.72. The van der Waals surface area contributed by atoms with E-state index in [-0.39, 0.29) is 0 Å². The average molecular weight is 250 g/mol. The summed E-state index contributed by atoms with van der Waals surface area (Å²) in [6.45, 7) is 5.73. The van der Waals surface area contributed by atoms with Gasteiger partial charge in [-0.05, 0) is 69.2 Å². The van der Waals surface area contributed by atoms with E-state index in [1.807, 2.05) is 0 Å². The first-order chi connectivity index (χ1) is 8.48.